The Morgan fingerprint density at radius 2 is 1.90 bits per heavy atom. The van der Waals surface area contributed by atoms with Crippen LogP contribution in [-0.2, 0) is 11.2 Å². The predicted molar refractivity (Wildman–Crippen MR) is 75.4 cm³/mol. The minimum absolute atomic E-state index is 0. The highest BCUT2D eigenvalue weighted by molar-refractivity contribution is 5.89. The van der Waals surface area contributed by atoms with Crippen LogP contribution in [0.5, 0.6) is 0 Å². The third-order valence-electron chi connectivity index (χ3n) is 2.35. The zero-order valence-corrected chi connectivity index (χ0v) is 11.9. The summed E-state index contributed by atoms with van der Waals surface area (Å²) in [4.78, 5) is 21.8. The molecule has 0 atom stereocenters. The molecule has 0 heterocycles. The van der Waals surface area contributed by atoms with Gasteiger partial charge in [0.15, 0.2) is 0 Å². The standard InChI is InChI=1S/C12H15N3O4.ClH/c1-15(12(17)18)14-10(13)7-8-3-5-9(6-4-8)11(16)19-2;/h3-6H,7H2,1-2H3,(H2,13,14)(H,17,18);1H. The van der Waals surface area contributed by atoms with Crippen molar-refractivity contribution in [2.45, 2.75) is 6.42 Å². The Bertz CT molecular complexity index is 490. The number of hydrazine groups is 1. The minimum Gasteiger partial charge on any atom is -0.465 e. The molecule has 1 aromatic carbocycles. The average molecular weight is 302 g/mol. The Morgan fingerprint density at radius 3 is 2.35 bits per heavy atom. The lowest BCUT2D eigenvalue weighted by Crippen LogP contribution is -2.42. The lowest BCUT2D eigenvalue weighted by atomic mass is 10.1. The number of rotatable bonds is 3. The number of hydrogen-bond acceptors (Lipinski definition) is 4. The van der Waals surface area contributed by atoms with Crippen LogP contribution >= 0.6 is 12.4 Å². The van der Waals surface area contributed by atoms with E-state index in [4.69, 9.17) is 10.5 Å². The van der Waals surface area contributed by atoms with E-state index in [1.165, 1.54) is 14.2 Å². The van der Waals surface area contributed by atoms with Crippen LogP contribution in [0.2, 0.25) is 0 Å². The number of hydrogen-bond donors (Lipinski definition) is 3. The van der Waals surface area contributed by atoms with Gasteiger partial charge < -0.3 is 9.84 Å². The summed E-state index contributed by atoms with van der Waals surface area (Å²) in [6, 6.07) is 6.55. The molecule has 110 valence electrons. The molecular formula is C12H16ClN3O4. The quantitative estimate of drug-likeness (QED) is 0.340. The first-order chi connectivity index (χ1) is 8.93. The van der Waals surface area contributed by atoms with Crippen LogP contribution in [0, 0.1) is 5.41 Å². The number of amidine groups is 1. The van der Waals surface area contributed by atoms with Crippen LogP contribution in [0.1, 0.15) is 15.9 Å². The second-order valence-electron chi connectivity index (χ2n) is 3.80. The summed E-state index contributed by atoms with van der Waals surface area (Å²) >= 11 is 0. The number of esters is 1. The Kier molecular flexibility index (Phi) is 7.09. The lowest BCUT2D eigenvalue weighted by molar-refractivity contribution is 0.0600. The van der Waals surface area contributed by atoms with Gasteiger partial charge in [-0.05, 0) is 17.7 Å². The molecule has 1 amide bonds. The third kappa shape index (κ3) is 5.15. The number of carbonyl (C=O) groups is 2. The highest BCUT2D eigenvalue weighted by Gasteiger charge is 2.08. The van der Waals surface area contributed by atoms with E-state index in [9.17, 15) is 9.59 Å². The molecule has 0 spiro atoms. The molecule has 20 heavy (non-hydrogen) atoms. The van der Waals surface area contributed by atoms with Crippen LogP contribution in [0.25, 0.3) is 0 Å². The zero-order chi connectivity index (χ0) is 14.4. The molecule has 8 heteroatoms. The maximum atomic E-state index is 11.2. The van der Waals surface area contributed by atoms with Gasteiger partial charge in [-0.15, -0.1) is 12.4 Å². The molecule has 0 aromatic heterocycles. The van der Waals surface area contributed by atoms with Crippen molar-refractivity contribution in [2.24, 2.45) is 0 Å². The largest absolute Gasteiger partial charge is 0.465 e. The van der Waals surface area contributed by atoms with Crippen LogP contribution in [0.15, 0.2) is 24.3 Å². The van der Waals surface area contributed by atoms with Crippen molar-refractivity contribution in [1.82, 2.24) is 10.4 Å². The first-order valence-electron chi connectivity index (χ1n) is 5.42. The number of halogens is 1. The molecule has 1 rings (SSSR count). The fourth-order valence-electron chi connectivity index (χ4n) is 1.37. The lowest BCUT2D eigenvalue weighted by Gasteiger charge is -2.16. The molecular weight excluding hydrogens is 286 g/mol. The summed E-state index contributed by atoms with van der Waals surface area (Å²) in [6.07, 6.45) is -0.940. The Morgan fingerprint density at radius 1 is 1.35 bits per heavy atom. The molecule has 1 aromatic rings. The molecule has 0 bridgehead atoms. The van der Waals surface area contributed by atoms with Crippen LogP contribution in [0.3, 0.4) is 0 Å². The predicted octanol–water partition coefficient (Wildman–Crippen LogP) is 1.53. The highest BCUT2D eigenvalue weighted by atomic mass is 35.5. The van der Waals surface area contributed by atoms with Gasteiger partial charge in [-0.1, -0.05) is 12.1 Å². The molecule has 3 N–H and O–H groups in total. The van der Waals surface area contributed by atoms with Gasteiger partial charge in [-0.3, -0.25) is 10.8 Å². The van der Waals surface area contributed by atoms with E-state index in [0.717, 1.165) is 10.6 Å². The fraction of sp³-hybridized carbons (Fsp3) is 0.250. The number of methoxy groups -OCH3 is 1. The van der Waals surface area contributed by atoms with Crippen molar-refractivity contribution in [3.8, 4) is 0 Å². The fourth-order valence-corrected chi connectivity index (χ4v) is 1.37. The van der Waals surface area contributed by atoms with Gasteiger partial charge in [-0.25, -0.2) is 14.6 Å². The Labute approximate surface area is 122 Å². The van der Waals surface area contributed by atoms with Crippen molar-refractivity contribution >= 4 is 30.3 Å². The normalized spacial score (nSPS) is 9.10. The van der Waals surface area contributed by atoms with Gasteiger partial charge in [0, 0.05) is 13.5 Å². The third-order valence-corrected chi connectivity index (χ3v) is 2.35. The van der Waals surface area contributed by atoms with Gasteiger partial charge in [0.2, 0.25) is 0 Å². The molecule has 0 aliphatic heterocycles. The molecule has 7 nitrogen and oxygen atoms in total. The van der Waals surface area contributed by atoms with Crippen molar-refractivity contribution < 1.29 is 19.4 Å². The molecule has 0 saturated heterocycles. The summed E-state index contributed by atoms with van der Waals surface area (Å²) in [6.45, 7) is 0. The highest BCUT2D eigenvalue weighted by Crippen LogP contribution is 2.06. The SMILES string of the molecule is COC(=O)c1ccc(CC(=N)NN(C)C(=O)O)cc1.Cl. The van der Waals surface area contributed by atoms with E-state index in [-0.39, 0.29) is 24.7 Å². The van der Waals surface area contributed by atoms with Gasteiger partial charge in [-0.2, -0.15) is 0 Å². The van der Waals surface area contributed by atoms with Crippen molar-refractivity contribution in [2.75, 3.05) is 14.2 Å². The number of benzene rings is 1. The molecule has 0 radical (unpaired) electrons. The molecule has 0 unspecified atom stereocenters. The number of ether oxygens (including phenoxy) is 1. The second kappa shape index (κ2) is 8.00. The number of nitrogens with zero attached hydrogens (tertiary/aromatic N) is 1. The smallest absolute Gasteiger partial charge is 0.425 e. The Hall–Kier alpha value is -2.28. The van der Waals surface area contributed by atoms with E-state index in [1.54, 1.807) is 24.3 Å². The number of amides is 1. The Balaban J connectivity index is 0.00000361. The maximum absolute atomic E-state index is 11.2. The topological polar surface area (TPSA) is 103 Å². The van der Waals surface area contributed by atoms with E-state index < -0.39 is 12.1 Å². The summed E-state index contributed by atoms with van der Waals surface area (Å²) in [5.74, 6) is -0.388. The first-order valence-corrected chi connectivity index (χ1v) is 5.42. The van der Waals surface area contributed by atoms with Gasteiger partial charge in [0.05, 0.1) is 12.7 Å². The van der Waals surface area contributed by atoms with E-state index in [0.29, 0.717) is 5.56 Å². The summed E-state index contributed by atoms with van der Waals surface area (Å²) in [5, 5.41) is 17.1. The van der Waals surface area contributed by atoms with Crippen LogP contribution in [-0.4, -0.2) is 42.2 Å². The summed E-state index contributed by atoms with van der Waals surface area (Å²) in [5.41, 5.74) is 3.61. The number of carbonyl (C=O) groups excluding carboxylic acids is 1. The molecule has 0 aliphatic rings. The van der Waals surface area contributed by atoms with E-state index in [1.807, 2.05) is 0 Å². The molecule has 0 saturated carbocycles. The molecule has 0 aliphatic carbocycles. The van der Waals surface area contributed by atoms with Gasteiger partial charge in [0.1, 0.15) is 5.84 Å². The van der Waals surface area contributed by atoms with Gasteiger partial charge in [0.25, 0.3) is 0 Å². The second-order valence-corrected chi connectivity index (χ2v) is 3.80. The van der Waals surface area contributed by atoms with Crippen LogP contribution in [0.4, 0.5) is 4.79 Å². The summed E-state index contributed by atoms with van der Waals surface area (Å²) in [7, 11) is 2.61. The van der Waals surface area contributed by atoms with E-state index >= 15 is 0 Å². The van der Waals surface area contributed by atoms with Crippen molar-refractivity contribution in [3.63, 3.8) is 0 Å². The van der Waals surface area contributed by atoms with E-state index in [2.05, 4.69) is 10.2 Å². The van der Waals surface area contributed by atoms with Crippen molar-refractivity contribution in [1.29, 1.82) is 5.41 Å². The van der Waals surface area contributed by atoms with Crippen molar-refractivity contribution in [3.05, 3.63) is 35.4 Å². The van der Waals surface area contributed by atoms with Crippen LogP contribution < -0.4 is 5.43 Å². The molecule has 0 fully saturated rings. The summed E-state index contributed by atoms with van der Waals surface area (Å²) < 4.78 is 4.57. The average Bonchev–Trinajstić information content (AvgIpc) is 2.38. The first kappa shape index (κ1) is 17.7. The monoisotopic (exact) mass is 301 g/mol. The zero-order valence-electron chi connectivity index (χ0n) is 11.0. The van der Waals surface area contributed by atoms with Gasteiger partial charge >= 0.3 is 12.1 Å². The maximum Gasteiger partial charge on any atom is 0.425 e. The number of carboxylic acid groups (broad SMARTS) is 1. The number of nitrogens with one attached hydrogen (secondary N) is 2. The minimum atomic E-state index is -1.18.